The topological polar surface area (TPSA) is 143 Å². The first kappa shape index (κ1) is 31.9. The third-order valence-corrected chi connectivity index (χ3v) is 7.34. The Bertz CT molecular complexity index is 828. The number of rotatable bonds is 9. The van der Waals surface area contributed by atoms with Crippen molar-refractivity contribution in [2.75, 3.05) is 13.1 Å². The molecule has 0 unspecified atom stereocenters. The average molecular weight is 538 g/mol. The highest BCUT2D eigenvalue weighted by Crippen LogP contribution is 2.28. The van der Waals surface area contributed by atoms with Crippen molar-refractivity contribution in [3.63, 3.8) is 0 Å². The van der Waals surface area contributed by atoms with Crippen LogP contribution in [-0.2, 0) is 19.1 Å². The molecule has 1 heterocycles. The van der Waals surface area contributed by atoms with Crippen LogP contribution in [0.25, 0.3) is 0 Å². The first-order valence-corrected chi connectivity index (χ1v) is 14.2. The van der Waals surface area contributed by atoms with Crippen molar-refractivity contribution in [2.45, 2.75) is 130 Å². The van der Waals surface area contributed by atoms with E-state index in [0.29, 0.717) is 31.8 Å². The van der Waals surface area contributed by atoms with E-state index in [1.54, 1.807) is 25.7 Å². The van der Waals surface area contributed by atoms with Crippen molar-refractivity contribution in [3.05, 3.63) is 0 Å². The van der Waals surface area contributed by atoms with E-state index in [2.05, 4.69) is 16.0 Å². The lowest BCUT2D eigenvalue weighted by molar-refractivity contribution is -0.144. The normalized spacial score (nSPS) is 21.3. The van der Waals surface area contributed by atoms with Gasteiger partial charge in [0.25, 0.3) is 0 Å². The predicted molar refractivity (Wildman–Crippen MR) is 147 cm³/mol. The third-order valence-electron chi connectivity index (χ3n) is 7.34. The van der Waals surface area contributed by atoms with Gasteiger partial charge in [-0.3, -0.25) is 14.4 Å². The molecule has 2 fully saturated rings. The van der Waals surface area contributed by atoms with Gasteiger partial charge < -0.3 is 31.3 Å². The molecule has 1 aliphatic heterocycles. The van der Waals surface area contributed by atoms with Crippen LogP contribution in [0.15, 0.2) is 0 Å². The van der Waals surface area contributed by atoms with E-state index >= 15 is 0 Å². The van der Waals surface area contributed by atoms with Gasteiger partial charge in [-0.05, 0) is 58.3 Å². The molecule has 1 saturated heterocycles. The Balaban J connectivity index is 2.05. The second-order valence-electron chi connectivity index (χ2n) is 13.0. The molecule has 10 heteroatoms. The number of likely N-dealkylation sites (tertiary alicyclic amines) is 1. The van der Waals surface area contributed by atoms with Crippen LogP contribution in [0.5, 0.6) is 0 Å². The molecule has 10 nitrogen and oxygen atoms in total. The summed E-state index contributed by atoms with van der Waals surface area (Å²) in [7, 11) is 0. The number of ether oxygens (including phenoxy) is 1. The van der Waals surface area contributed by atoms with Crippen molar-refractivity contribution in [1.82, 2.24) is 20.9 Å². The van der Waals surface area contributed by atoms with Gasteiger partial charge in [0.15, 0.2) is 0 Å². The quantitative estimate of drug-likeness (QED) is 0.356. The maximum atomic E-state index is 13.7. The van der Waals surface area contributed by atoms with Gasteiger partial charge in [0.1, 0.15) is 23.7 Å². The molecule has 0 aromatic rings. The lowest BCUT2D eigenvalue weighted by Crippen LogP contribution is -2.60. The van der Waals surface area contributed by atoms with Gasteiger partial charge in [-0.2, -0.15) is 0 Å². The first-order valence-electron chi connectivity index (χ1n) is 14.2. The largest absolute Gasteiger partial charge is 0.444 e. The number of nitrogens with two attached hydrogens (primary N) is 1. The van der Waals surface area contributed by atoms with Gasteiger partial charge in [-0.1, -0.05) is 52.9 Å². The SMILES string of the molecule is C[C@H](NC(=O)OC(C)(C)C)C(=O)N[C@H](C(=O)N1CCC[C@H]1C(=O)N[C@H](CN)CC1CCCCC1)C(C)(C)C. The Morgan fingerprint density at radius 2 is 1.55 bits per heavy atom. The fraction of sp³-hybridized carbons (Fsp3) is 0.857. The average Bonchev–Trinajstić information content (AvgIpc) is 3.30. The Labute approximate surface area is 228 Å². The first-order chi connectivity index (χ1) is 17.6. The van der Waals surface area contributed by atoms with E-state index in [0.717, 1.165) is 6.42 Å². The van der Waals surface area contributed by atoms with Crippen LogP contribution in [0.3, 0.4) is 0 Å². The summed E-state index contributed by atoms with van der Waals surface area (Å²) >= 11 is 0. The van der Waals surface area contributed by atoms with Gasteiger partial charge >= 0.3 is 6.09 Å². The molecule has 0 bridgehead atoms. The molecule has 1 saturated carbocycles. The third kappa shape index (κ3) is 9.75. The minimum absolute atomic E-state index is 0.110. The van der Waals surface area contributed by atoms with E-state index in [4.69, 9.17) is 10.5 Å². The molecule has 1 aliphatic carbocycles. The standard InChI is InChI=1S/C28H51N5O5/c1-18(30-26(37)38-28(5,6)7)23(34)32-22(27(2,3)4)25(36)33-15-11-14-21(33)24(35)31-20(17-29)16-19-12-9-8-10-13-19/h18-22H,8-17,29H2,1-7H3,(H,30,37)(H,31,35)(H,32,34)/t18-,20-,21-,22+/m0/s1. The summed E-state index contributed by atoms with van der Waals surface area (Å²) in [6.45, 7) is 13.1. The maximum Gasteiger partial charge on any atom is 0.408 e. The Morgan fingerprint density at radius 1 is 0.921 bits per heavy atom. The highest BCUT2D eigenvalue weighted by molar-refractivity contribution is 5.94. The van der Waals surface area contributed by atoms with Gasteiger partial charge in [-0.15, -0.1) is 0 Å². The van der Waals surface area contributed by atoms with Crippen molar-refractivity contribution < 1.29 is 23.9 Å². The summed E-state index contributed by atoms with van der Waals surface area (Å²) in [4.78, 5) is 53.7. The van der Waals surface area contributed by atoms with Crippen molar-refractivity contribution in [3.8, 4) is 0 Å². The highest BCUT2D eigenvalue weighted by Gasteiger charge is 2.42. The maximum absolute atomic E-state index is 13.7. The summed E-state index contributed by atoms with van der Waals surface area (Å²) in [5.74, 6) is -0.402. The zero-order chi connectivity index (χ0) is 28.7. The van der Waals surface area contributed by atoms with Crippen LogP contribution < -0.4 is 21.7 Å². The molecule has 0 aromatic heterocycles. The van der Waals surface area contributed by atoms with Crippen molar-refractivity contribution in [2.24, 2.45) is 17.1 Å². The van der Waals surface area contributed by atoms with Crippen LogP contribution in [0.2, 0.25) is 0 Å². The Hall–Kier alpha value is -2.36. The van der Waals surface area contributed by atoms with Gasteiger partial charge in [0.2, 0.25) is 17.7 Å². The molecule has 218 valence electrons. The lowest BCUT2D eigenvalue weighted by atomic mass is 9.84. The number of hydrogen-bond acceptors (Lipinski definition) is 6. The minimum Gasteiger partial charge on any atom is -0.444 e. The molecule has 4 amide bonds. The molecule has 4 atom stereocenters. The van der Waals surface area contributed by atoms with Crippen LogP contribution in [0, 0.1) is 11.3 Å². The van der Waals surface area contributed by atoms with Gasteiger partial charge in [-0.25, -0.2) is 4.79 Å². The number of carbonyl (C=O) groups excluding carboxylic acids is 4. The highest BCUT2D eigenvalue weighted by atomic mass is 16.6. The summed E-state index contributed by atoms with van der Waals surface area (Å²) in [6.07, 6.45) is 7.52. The molecule has 2 aliphatic rings. The molecular weight excluding hydrogens is 486 g/mol. The summed E-state index contributed by atoms with van der Waals surface area (Å²) < 4.78 is 5.23. The number of amides is 4. The Morgan fingerprint density at radius 3 is 2.11 bits per heavy atom. The molecule has 0 radical (unpaired) electrons. The van der Waals surface area contributed by atoms with Gasteiger partial charge in [0, 0.05) is 19.1 Å². The molecule has 5 N–H and O–H groups in total. The number of carbonyl (C=O) groups is 4. The van der Waals surface area contributed by atoms with Crippen molar-refractivity contribution >= 4 is 23.8 Å². The van der Waals surface area contributed by atoms with Crippen LogP contribution in [0.4, 0.5) is 4.79 Å². The van der Waals surface area contributed by atoms with Gasteiger partial charge in [0.05, 0.1) is 0 Å². The number of nitrogens with one attached hydrogen (secondary N) is 3. The number of alkyl carbamates (subject to hydrolysis) is 1. The van der Waals surface area contributed by atoms with Crippen molar-refractivity contribution in [1.29, 1.82) is 0 Å². The molecular formula is C28H51N5O5. The van der Waals surface area contributed by atoms with E-state index in [9.17, 15) is 19.2 Å². The molecule has 38 heavy (non-hydrogen) atoms. The molecule has 2 rings (SSSR count). The van der Waals surface area contributed by atoms with Crippen LogP contribution in [0.1, 0.15) is 99.8 Å². The van der Waals surface area contributed by atoms with Crippen LogP contribution >= 0.6 is 0 Å². The fourth-order valence-corrected chi connectivity index (χ4v) is 5.27. The summed E-state index contributed by atoms with van der Waals surface area (Å²) in [5, 5.41) is 8.44. The fourth-order valence-electron chi connectivity index (χ4n) is 5.27. The second kappa shape index (κ2) is 13.6. The van der Waals surface area contributed by atoms with E-state index < -0.39 is 41.1 Å². The zero-order valence-corrected chi connectivity index (χ0v) is 24.5. The Kier molecular flexibility index (Phi) is 11.4. The van der Waals surface area contributed by atoms with E-state index in [1.807, 2.05) is 20.8 Å². The van der Waals surface area contributed by atoms with E-state index in [1.165, 1.54) is 39.0 Å². The number of nitrogens with zero attached hydrogens (tertiary/aromatic N) is 1. The number of hydrogen-bond donors (Lipinski definition) is 4. The lowest BCUT2D eigenvalue weighted by Gasteiger charge is -2.36. The van der Waals surface area contributed by atoms with E-state index in [-0.39, 0.29) is 17.9 Å². The monoisotopic (exact) mass is 537 g/mol. The predicted octanol–water partition coefficient (Wildman–Crippen LogP) is 2.84. The second-order valence-corrected chi connectivity index (χ2v) is 13.0. The smallest absolute Gasteiger partial charge is 0.408 e. The minimum atomic E-state index is -0.912. The van der Waals surface area contributed by atoms with Crippen LogP contribution in [-0.4, -0.2) is 71.6 Å². The zero-order valence-electron chi connectivity index (χ0n) is 24.5. The molecule has 0 aromatic carbocycles. The molecule has 0 spiro atoms. The summed E-state index contributed by atoms with van der Waals surface area (Å²) in [5.41, 5.74) is 4.68. The summed E-state index contributed by atoms with van der Waals surface area (Å²) in [6, 6.07) is -2.49.